The van der Waals surface area contributed by atoms with Gasteiger partial charge in [-0.15, -0.1) is 24.0 Å². The van der Waals surface area contributed by atoms with Crippen LogP contribution in [0, 0.1) is 0 Å². The van der Waals surface area contributed by atoms with Crippen molar-refractivity contribution in [3.05, 3.63) is 77.5 Å². The van der Waals surface area contributed by atoms with Gasteiger partial charge in [0.25, 0.3) is 0 Å². The number of nitrogens with one attached hydrogen (secondary N) is 2. The van der Waals surface area contributed by atoms with Gasteiger partial charge in [-0.2, -0.15) is 4.98 Å². The monoisotopic (exact) mass is 577 g/mol. The number of imidazole rings is 1. The second-order valence-corrected chi connectivity index (χ2v) is 7.64. The molecule has 2 aromatic carbocycles. The predicted octanol–water partition coefficient (Wildman–Crippen LogP) is 4.65. The maximum atomic E-state index is 5.93. The van der Waals surface area contributed by atoms with Gasteiger partial charge in [0.15, 0.2) is 5.96 Å². The number of H-pyrrole nitrogens is 1. The van der Waals surface area contributed by atoms with E-state index in [4.69, 9.17) is 16.1 Å². The van der Waals surface area contributed by atoms with Crippen LogP contribution < -0.4 is 5.32 Å². The van der Waals surface area contributed by atoms with E-state index in [2.05, 4.69) is 42.6 Å². The van der Waals surface area contributed by atoms with Crippen molar-refractivity contribution in [2.75, 3.05) is 20.6 Å². The molecule has 0 fully saturated rings. The summed E-state index contributed by atoms with van der Waals surface area (Å²) in [7, 11) is 3.72. The Bertz CT molecular complexity index is 1180. The quantitative estimate of drug-likeness (QED) is 0.189. The van der Waals surface area contributed by atoms with Gasteiger partial charge in [-0.1, -0.05) is 47.1 Å². The molecule has 0 aliphatic rings. The largest absolute Gasteiger partial charge is 0.356 e. The number of hydrogen-bond donors (Lipinski definition) is 2. The van der Waals surface area contributed by atoms with Gasteiger partial charge in [-0.25, -0.2) is 4.98 Å². The lowest BCUT2D eigenvalue weighted by Crippen LogP contribution is -2.39. The minimum absolute atomic E-state index is 0. The highest BCUT2D eigenvalue weighted by Crippen LogP contribution is 2.19. The van der Waals surface area contributed by atoms with Gasteiger partial charge in [0, 0.05) is 37.6 Å². The molecule has 4 rings (SSSR count). The maximum absolute atomic E-state index is 5.93. The molecule has 0 saturated carbocycles. The molecule has 0 aliphatic heterocycles. The number of nitrogens with zero attached hydrogens (tertiary/aromatic N) is 5. The first-order chi connectivity index (χ1) is 15.6. The summed E-state index contributed by atoms with van der Waals surface area (Å²) in [5.74, 6) is 2.71. The summed E-state index contributed by atoms with van der Waals surface area (Å²) in [5, 5.41) is 8.03. The summed E-state index contributed by atoms with van der Waals surface area (Å²) in [6.45, 7) is 1.19. The molecule has 2 N–H and O–H groups in total. The van der Waals surface area contributed by atoms with Crippen LogP contribution in [-0.4, -0.2) is 51.6 Å². The first kappa shape index (κ1) is 24.7. The van der Waals surface area contributed by atoms with Gasteiger partial charge in [0.05, 0.1) is 18.4 Å². The molecule has 33 heavy (non-hydrogen) atoms. The number of benzene rings is 2. The average molecular weight is 578 g/mol. The van der Waals surface area contributed by atoms with E-state index in [-0.39, 0.29) is 24.0 Å². The third-order valence-electron chi connectivity index (χ3n) is 4.87. The number of hydrogen-bond acceptors (Lipinski definition) is 5. The number of aromatic amines is 1. The van der Waals surface area contributed by atoms with Crippen molar-refractivity contribution in [1.29, 1.82) is 0 Å². The standard InChI is InChI=1S/C23H24ClN7O.HI/c1-25-23(31(2)15-20-27-14-19(28-20)16-6-4-3-5-7-16)26-13-12-21-29-22(30-32-21)17-8-10-18(24)11-9-17;/h3-11,14H,12-13,15H2,1-2H3,(H,25,26)(H,27,28);1H. The Hall–Kier alpha value is -2.92. The summed E-state index contributed by atoms with van der Waals surface area (Å²) in [6, 6.07) is 17.5. The fraction of sp³-hybridized carbons (Fsp3) is 0.217. The van der Waals surface area contributed by atoms with Crippen molar-refractivity contribution in [2.45, 2.75) is 13.0 Å². The van der Waals surface area contributed by atoms with E-state index < -0.39 is 0 Å². The molecule has 0 spiro atoms. The minimum atomic E-state index is 0. The lowest BCUT2D eigenvalue weighted by atomic mass is 10.2. The predicted molar refractivity (Wildman–Crippen MR) is 141 cm³/mol. The zero-order valence-corrected chi connectivity index (χ0v) is 21.4. The minimum Gasteiger partial charge on any atom is -0.356 e. The first-order valence-electron chi connectivity index (χ1n) is 10.2. The summed E-state index contributed by atoms with van der Waals surface area (Å²) < 4.78 is 5.36. The fourth-order valence-electron chi connectivity index (χ4n) is 3.25. The van der Waals surface area contributed by atoms with Crippen molar-refractivity contribution in [3.8, 4) is 22.6 Å². The van der Waals surface area contributed by atoms with Gasteiger partial charge in [-0.3, -0.25) is 4.99 Å². The molecule has 8 nitrogen and oxygen atoms in total. The smallest absolute Gasteiger partial charge is 0.228 e. The molecule has 0 atom stereocenters. The van der Waals surface area contributed by atoms with Gasteiger partial charge in [0.1, 0.15) is 5.82 Å². The highest BCUT2D eigenvalue weighted by Gasteiger charge is 2.12. The van der Waals surface area contributed by atoms with Crippen molar-refractivity contribution >= 4 is 41.5 Å². The summed E-state index contributed by atoms with van der Waals surface area (Å²) in [5.41, 5.74) is 2.96. The van der Waals surface area contributed by atoms with Crippen LogP contribution in [-0.2, 0) is 13.0 Å². The molecule has 2 aromatic heterocycles. The molecule has 0 aliphatic carbocycles. The van der Waals surface area contributed by atoms with Crippen LogP contribution in [0.3, 0.4) is 0 Å². The Balaban J connectivity index is 0.00000306. The summed E-state index contributed by atoms with van der Waals surface area (Å²) >= 11 is 5.93. The van der Waals surface area contributed by atoms with Crippen molar-refractivity contribution in [3.63, 3.8) is 0 Å². The molecule has 0 amide bonds. The van der Waals surface area contributed by atoms with Gasteiger partial charge >= 0.3 is 0 Å². The third-order valence-corrected chi connectivity index (χ3v) is 5.12. The lowest BCUT2D eigenvalue weighted by Gasteiger charge is -2.20. The molecule has 10 heteroatoms. The van der Waals surface area contributed by atoms with E-state index in [9.17, 15) is 0 Å². The summed E-state index contributed by atoms with van der Waals surface area (Å²) in [6.07, 6.45) is 2.43. The maximum Gasteiger partial charge on any atom is 0.228 e. The van der Waals surface area contributed by atoms with Gasteiger partial charge < -0.3 is 19.7 Å². The molecule has 0 bridgehead atoms. The van der Waals surface area contributed by atoms with Crippen molar-refractivity contribution < 1.29 is 4.52 Å². The molecule has 0 saturated heterocycles. The van der Waals surface area contributed by atoms with E-state index >= 15 is 0 Å². The van der Waals surface area contributed by atoms with E-state index in [1.54, 1.807) is 19.2 Å². The van der Waals surface area contributed by atoms with Crippen LogP contribution in [0.2, 0.25) is 5.02 Å². The highest BCUT2D eigenvalue weighted by atomic mass is 127. The molecule has 0 unspecified atom stereocenters. The fourth-order valence-corrected chi connectivity index (χ4v) is 3.37. The number of aliphatic imine (C=N–C) groups is 1. The van der Waals surface area contributed by atoms with Crippen LogP contribution in [0.1, 0.15) is 11.7 Å². The number of guanidine groups is 1. The van der Waals surface area contributed by atoms with Crippen LogP contribution in [0.5, 0.6) is 0 Å². The second-order valence-electron chi connectivity index (χ2n) is 7.21. The Labute approximate surface area is 214 Å². The lowest BCUT2D eigenvalue weighted by molar-refractivity contribution is 0.377. The van der Waals surface area contributed by atoms with Gasteiger partial charge in [-0.05, 0) is 29.8 Å². The van der Waals surface area contributed by atoms with Crippen LogP contribution in [0.4, 0.5) is 0 Å². The van der Waals surface area contributed by atoms with Crippen LogP contribution in [0.25, 0.3) is 22.6 Å². The first-order valence-corrected chi connectivity index (χ1v) is 10.6. The number of rotatable bonds is 7. The topological polar surface area (TPSA) is 95.2 Å². The molecular formula is C23H25ClIN7O. The molecule has 172 valence electrons. The Morgan fingerprint density at radius 1 is 1.12 bits per heavy atom. The SMILES string of the molecule is CN=C(NCCc1nc(-c2ccc(Cl)cc2)no1)N(C)Cc1ncc(-c2ccccc2)[nH]1.I. The number of halogens is 2. The molecular weight excluding hydrogens is 553 g/mol. The van der Waals surface area contributed by atoms with E-state index in [0.717, 1.165) is 28.6 Å². The van der Waals surface area contributed by atoms with Crippen molar-refractivity contribution in [2.24, 2.45) is 4.99 Å². The second kappa shape index (κ2) is 11.8. The Morgan fingerprint density at radius 2 is 1.88 bits per heavy atom. The van der Waals surface area contributed by atoms with Crippen LogP contribution in [0.15, 0.2) is 70.3 Å². The highest BCUT2D eigenvalue weighted by molar-refractivity contribution is 14.0. The van der Waals surface area contributed by atoms with Crippen LogP contribution >= 0.6 is 35.6 Å². The zero-order chi connectivity index (χ0) is 22.3. The number of aromatic nitrogens is 4. The summed E-state index contributed by atoms with van der Waals surface area (Å²) in [4.78, 5) is 18.7. The average Bonchev–Trinajstić information content (AvgIpc) is 3.48. The van der Waals surface area contributed by atoms with E-state index in [1.165, 1.54) is 0 Å². The third kappa shape index (κ3) is 6.55. The molecule has 2 heterocycles. The van der Waals surface area contributed by atoms with Crippen molar-refractivity contribution in [1.82, 2.24) is 30.3 Å². The molecule has 0 radical (unpaired) electrons. The normalized spacial score (nSPS) is 11.2. The van der Waals surface area contributed by atoms with E-state index in [1.807, 2.05) is 48.5 Å². The zero-order valence-electron chi connectivity index (χ0n) is 18.3. The Kier molecular flexibility index (Phi) is 8.84. The molecule has 4 aromatic rings. The van der Waals surface area contributed by atoms with Gasteiger partial charge in [0.2, 0.25) is 11.7 Å². The van der Waals surface area contributed by atoms with E-state index in [0.29, 0.717) is 36.2 Å². The Morgan fingerprint density at radius 3 is 2.61 bits per heavy atom.